The summed E-state index contributed by atoms with van der Waals surface area (Å²) in [4.78, 5) is 38.4. The van der Waals surface area contributed by atoms with Gasteiger partial charge in [-0.1, -0.05) is 0 Å². The number of nitrogens with one attached hydrogen (secondary N) is 1. The Morgan fingerprint density at radius 2 is 2.10 bits per heavy atom. The van der Waals surface area contributed by atoms with Crippen molar-refractivity contribution in [3.63, 3.8) is 0 Å². The van der Waals surface area contributed by atoms with Crippen LogP contribution in [0, 0.1) is 6.92 Å². The lowest BCUT2D eigenvalue weighted by molar-refractivity contribution is -0.135. The van der Waals surface area contributed by atoms with Crippen LogP contribution in [-0.4, -0.2) is 38.2 Å². The van der Waals surface area contributed by atoms with E-state index in [-0.39, 0.29) is 5.65 Å². The lowest BCUT2D eigenvalue weighted by Crippen LogP contribution is -2.35. The van der Waals surface area contributed by atoms with Crippen molar-refractivity contribution in [1.29, 1.82) is 0 Å². The van der Waals surface area contributed by atoms with E-state index in [2.05, 4.69) is 10.3 Å². The lowest BCUT2D eigenvalue weighted by atomic mass is 10.2. The molecular weight excluding hydrogens is 286 g/mol. The molecule has 0 bridgehead atoms. The van der Waals surface area contributed by atoms with Gasteiger partial charge in [0.25, 0.3) is 11.5 Å². The molecule has 2 aromatic heterocycles. The minimum atomic E-state index is -1.25. The van der Waals surface area contributed by atoms with E-state index in [9.17, 15) is 19.5 Å². The van der Waals surface area contributed by atoms with Gasteiger partial charge in [0.1, 0.15) is 16.8 Å². The second-order valence-electron chi connectivity index (χ2n) is 4.05. The summed E-state index contributed by atoms with van der Waals surface area (Å²) in [5, 5.41) is 21.2. The minimum Gasteiger partial charge on any atom is -0.505 e. The van der Waals surface area contributed by atoms with Crippen LogP contribution in [0.1, 0.15) is 15.4 Å². The number of carbonyl (C=O) groups is 2. The van der Waals surface area contributed by atoms with Crippen molar-refractivity contribution >= 4 is 33.6 Å². The number of thiazole rings is 1. The van der Waals surface area contributed by atoms with Crippen LogP contribution in [0.15, 0.2) is 4.79 Å². The van der Waals surface area contributed by atoms with Crippen molar-refractivity contribution in [3.8, 4) is 5.75 Å². The molecule has 0 aliphatic carbocycles. The van der Waals surface area contributed by atoms with Gasteiger partial charge in [-0.25, -0.2) is 4.98 Å². The smallest absolute Gasteiger partial charge is 0.322 e. The number of aliphatic carboxylic acids is 1. The van der Waals surface area contributed by atoms with Gasteiger partial charge >= 0.3 is 5.97 Å². The number of nitrogens with zero attached hydrogens (tertiary/aromatic N) is 2. The summed E-state index contributed by atoms with van der Waals surface area (Å²) in [6, 6.07) is 0. The Hall–Kier alpha value is -2.42. The topological polar surface area (TPSA) is 122 Å². The van der Waals surface area contributed by atoms with Crippen LogP contribution in [0.25, 0.3) is 10.3 Å². The van der Waals surface area contributed by atoms with E-state index in [4.69, 9.17) is 5.11 Å². The third kappa shape index (κ3) is 2.23. The Labute approximate surface area is 116 Å². The van der Waals surface area contributed by atoms with E-state index in [1.165, 1.54) is 7.05 Å². The summed E-state index contributed by atoms with van der Waals surface area (Å²) in [5.74, 6) is -2.65. The van der Waals surface area contributed by atoms with Crippen molar-refractivity contribution in [2.45, 2.75) is 6.92 Å². The monoisotopic (exact) mass is 297 g/mol. The number of carboxylic acid groups (broad SMARTS) is 1. The van der Waals surface area contributed by atoms with Crippen molar-refractivity contribution in [2.75, 3.05) is 6.54 Å². The standard InChI is InChI=1S/C11H11N3O5S/c1-4-13-9-8(20-4)7(17)6(11(19)14(9)2)10(18)12-3-5(15)16/h17H,3H2,1-2H3,(H,12,18)(H,15,16). The number of hydrogen-bond acceptors (Lipinski definition) is 6. The molecule has 0 saturated heterocycles. The molecule has 0 aliphatic rings. The molecule has 0 aliphatic heterocycles. The van der Waals surface area contributed by atoms with Gasteiger partial charge in [0.2, 0.25) is 0 Å². The SMILES string of the molecule is Cc1nc2c(s1)c(O)c(C(=O)NCC(=O)O)c(=O)n2C. The van der Waals surface area contributed by atoms with Gasteiger partial charge in [0.05, 0.1) is 5.01 Å². The van der Waals surface area contributed by atoms with E-state index in [1.54, 1.807) is 6.92 Å². The highest BCUT2D eigenvalue weighted by molar-refractivity contribution is 7.18. The van der Waals surface area contributed by atoms with Crippen LogP contribution in [0.3, 0.4) is 0 Å². The number of pyridine rings is 1. The predicted molar refractivity (Wildman–Crippen MR) is 71.2 cm³/mol. The summed E-state index contributed by atoms with van der Waals surface area (Å²) in [6.45, 7) is 1.07. The Morgan fingerprint density at radius 1 is 1.45 bits per heavy atom. The number of rotatable bonds is 3. The maximum absolute atomic E-state index is 12.1. The van der Waals surface area contributed by atoms with Crippen LogP contribution < -0.4 is 10.9 Å². The first-order chi connectivity index (χ1) is 9.32. The van der Waals surface area contributed by atoms with Gasteiger partial charge in [-0.2, -0.15) is 0 Å². The second-order valence-corrected chi connectivity index (χ2v) is 5.25. The van der Waals surface area contributed by atoms with Gasteiger partial charge in [-0.15, -0.1) is 11.3 Å². The first kappa shape index (κ1) is 14.0. The molecule has 0 atom stereocenters. The maximum Gasteiger partial charge on any atom is 0.322 e. The molecule has 20 heavy (non-hydrogen) atoms. The number of aromatic hydroxyl groups is 1. The number of carbonyl (C=O) groups excluding carboxylic acids is 1. The largest absolute Gasteiger partial charge is 0.505 e. The van der Waals surface area contributed by atoms with Gasteiger partial charge in [0.15, 0.2) is 11.4 Å². The molecule has 0 fully saturated rings. The molecule has 2 rings (SSSR count). The van der Waals surface area contributed by atoms with Crippen LogP contribution in [0.5, 0.6) is 5.75 Å². The Bertz CT molecular complexity index is 776. The molecular formula is C11H11N3O5S. The fourth-order valence-electron chi connectivity index (χ4n) is 1.73. The van der Waals surface area contributed by atoms with Crippen LogP contribution in [0.4, 0.5) is 0 Å². The molecule has 0 aromatic carbocycles. The summed E-state index contributed by atoms with van der Waals surface area (Å²) in [6.07, 6.45) is 0. The fraction of sp³-hybridized carbons (Fsp3) is 0.273. The number of aromatic nitrogens is 2. The van der Waals surface area contributed by atoms with Gasteiger partial charge in [0, 0.05) is 7.05 Å². The van der Waals surface area contributed by atoms with E-state index < -0.39 is 35.3 Å². The second kappa shape index (κ2) is 4.93. The zero-order chi connectivity index (χ0) is 15.0. The lowest BCUT2D eigenvalue weighted by Gasteiger charge is -2.07. The maximum atomic E-state index is 12.1. The normalized spacial score (nSPS) is 10.7. The molecule has 9 heteroatoms. The van der Waals surface area contributed by atoms with Crippen molar-refractivity contribution in [1.82, 2.24) is 14.9 Å². The minimum absolute atomic E-state index is 0.282. The van der Waals surface area contributed by atoms with Crippen LogP contribution in [-0.2, 0) is 11.8 Å². The van der Waals surface area contributed by atoms with E-state index >= 15 is 0 Å². The number of fused-ring (bicyclic) bond motifs is 1. The Balaban J connectivity index is 2.61. The molecule has 2 heterocycles. The molecule has 0 saturated carbocycles. The first-order valence-electron chi connectivity index (χ1n) is 5.52. The van der Waals surface area contributed by atoms with Crippen LogP contribution >= 0.6 is 11.3 Å². The van der Waals surface area contributed by atoms with Crippen molar-refractivity contribution in [2.24, 2.45) is 7.05 Å². The van der Waals surface area contributed by atoms with Crippen molar-refractivity contribution < 1.29 is 19.8 Å². The van der Waals surface area contributed by atoms with Gasteiger partial charge in [-0.05, 0) is 6.92 Å². The molecule has 2 aromatic rings. The average molecular weight is 297 g/mol. The molecule has 0 unspecified atom stereocenters. The van der Waals surface area contributed by atoms with E-state index in [0.717, 1.165) is 15.9 Å². The highest BCUT2D eigenvalue weighted by Gasteiger charge is 2.23. The third-order valence-corrected chi connectivity index (χ3v) is 3.60. The fourth-order valence-corrected chi connectivity index (χ4v) is 2.63. The zero-order valence-electron chi connectivity index (χ0n) is 10.6. The Morgan fingerprint density at radius 3 is 2.70 bits per heavy atom. The Kier molecular flexibility index (Phi) is 3.45. The summed E-state index contributed by atoms with van der Waals surface area (Å²) in [5.41, 5.74) is -0.933. The molecule has 106 valence electrons. The van der Waals surface area contributed by atoms with Crippen LogP contribution in [0.2, 0.25) is 0 Å². The van der Waals surface area contributed by atoms with Gasteiger partial charge in [-0.3, -0.25) is 19.0 Å². The molecule has 1 amide bonds. The number of carboxylic acids is 1. The summed E-state index contributed by atoms with van der Waals surface area (Å²) in [7, 11) is 1.43. The molecule has 8 nitrogen and oxygen atoms in total. The number of amides is 1. The summed E-state index contributed by atoms with van der Waals surface area (Å²) >= 11 is 1.14. The van der Waals surface area contributed by atoms with Gasteiger partial charge < -0.3 is 15.5 Å². The highest BCUT2D eigenvalue weighted by Crippen LogP contribution is 2.30. The average Bonchev–Trinajstić information content (AvgIpc) is 2.76. The van der Waals surface area contributed by atoms with Crippen molar-refractivity contribution in [3.05, 3.63) is 20.9 Å². The molecule has 3 N–H and O–H groups in total. The molecule has 0 radical (unpaired) electrons. The number of aryl methyl sites for hydroxylation is 2. The van der Waals surface area contributed by atoms with E-state index in [1.807, 2.05) is 0 Å². The summed E-state index contributed by atoms with van der Waals surface area (Å²) < 4.78 is 1.46. The van der Waals surface area contributed by atoms with E-state index in [0.29, 0.717) is 9.71 Å². The predicted octanol–water partition coefficient (Wildman–Crippen LogP) is -0.177. The first-order valence-corrected chi connectivity index (χ1v) is 6.33. The zero-order valence-corrected chi connectivity index (χ0v) is 11.4. The quantitative estimate of drug-likeness (QED) is 0.722. The number of hydrogen-bond donors (Lipinski definition) is 3. The highest BCUT2D eigenvalue weighted by atomic mass is 32.1. The third-order valence-electron chi connectivity index (χ3n) is 2.63. The molecule has 0 spiro atoms.